The summed E-state index contributed by atoms with van der Waals surface area (Å²) in [6, 6.07) is 8.43. The van der Waals surface area contributed by atoms with E-state index in [0.29, 0.717) is 17.0 Å². The first-order valence-electron chi connectivity index (χ1n) is 13.2. The molecule has 11 nitrogen and oxygen atoms in total. The van der Waals surface area contributed by atoms with Crippen LogP contribution in [0.3, 0.4) is 0 Å². The van der Waals surface area contributed by atoms with Crippen molar-refractivity contribution in [2.45, 2.75) is 24.9 Å². The molecule has 1 N–H and O–H groups in total. The Morgan fingerprint density at radius 1 is 0.952 bits per heavy atom. The van der Waals surface area contributed by atoms with Gasteiger partial charge in [-0.1, -0.05) is 30.7 Å². The number of anilines is 1. The van der Waals surface area contributed by atoms with Gasteiger partial charge >= 0.3 is 5.69 Å². The number of methoxy groups -OCH3 is 3. The highest BCUT2D eigenvalue weighted by molar-refractivity contribution is 6.36. The summed E-state index contributed by atoms with van der Waals surface area (Å²) >= 11 is 6.59. The average molecular weight is 594 g/mol. The zero-order chi connectivity index (χ0) is 30.2. The van der Waals surface area contributed by atoms with Gasteiger partial charge in [-0.2, -0.15) is 0 Å². The number of hydrogen-bond donors (Lipinski definition) is 1. The Hall–Kier alpha value is -4.51. The fraction of sp³-hybridized carbons (Fsp3) is 0.333. The number of halogens is 1. The minimum absolute atomic E-state index is 0.00518. The number of rotatable bonds is 4. The Labute approximate surface area is 245 Å². The zero-order valence-electron chi connectivity index (χ0n) is 23.8. The maximum Gasteiger partial charge on any atom is 0.332 e. The standard InChI is InChI=1S/C30H28ClN3O8/c1-13-11-16-20(25(35)30(13)26(36)21-17(40-5)12-18(41-6)23(31)24(21)42-30)19(14-7-9-15(39-4)10-8-14)22-27(32-16)33(2)29(38)34(3)28(22)37/h7-10,12-13,19,32H,11H2,1-6H3. The van der Waals surface area contributed by atoms with Crippen LogP contribution in [-0.4, -0.2) is 47.6 Å². The van der Waals surface area contributed by atoms with E-state index in [-0.39, 0.29) is 51.2 Å². The second-order valence-electron chi connectivity index (χ2n) is 10.6. The van der Waals surface area contributed by atoms with Gasteiger partial charge in [0.15, 0.2) is 5.75 Å². The van der Waals surface area contributed by atoms with Crippen LogP contribution in [0.15, 0.2) is 51.2 Å². The first-order chi connectivity index (χ1) is 20.0. The first kappa shape index (κ1) is 27.6. The molecule has 0 saturated heterocycles. The van der Waals surface area contributed by atoms with Crippen molar-refractivity contribution in [2.24, 2.45) is 20.0 Å². The maximum atomic E-state index is 14.8. The van der Waals surface area contributed by atoms with Gasteiger partial charge in [-0.25, -0.2) is 4.79 Å². The van der Waals surface area contributed by atoms with Gasteiger partial charge in [-0.3, -0.25) is 23.5 Å². The van der Waals surface area contributed by atoms with Gasteiger partial charge in [0.25, 0.3) is 5.56 Å². The van der Waals surface area contributed by atoms with Gasteiger partial charge in [0.05, 0.1) is 26.9 Å². The lowest BCUT2D eigenvalue weighted by molar-refractivity contribution is -0.130. The molecule has 0 radical (unpaired) electrons. The topological polar surface area (TPSA) is 127 Å². The van der Waals surface area contributed by atoms with Gasteiger partial charge in [0.1, 0.15) is 33.7 Å². The number of benzene rings is 2. The minimum atomic E-state index is -1.97. The third-order valence-corrected chi connectivity index (χ3v) is 8.88. The lowest BCUT2D eigenvalue weighted by atomic mass is 9.66. The van der Waals surface area contributed by atoms with Gasteiger partial charge in [-0.05, 0) is 24.1 Å². The Kier molecular flexibility index (Phi) is 6.27. The molecular weight excluding hydrogens is 566 g/mol. The first-order valence-corrected chi connectivity index (χ1v) is 13.6. The predicted octanol–water partition coefficient (Wildman–Crippen LogP) is 3.20. The fourth-order valence-electron chi connectivity index (χ4n) is 6.32. The summed E-state index contributed by atoms with van der Waals surface area (Å²) in [5.74, 6) is -1.52. The zero-order valence-corrected chi connectivity index (χ0v) is 24.5. The molecule has 0 saturated carbocycles. The van der Waals surface area contributed by atoms with Gasteiger partial charge in [-0.15, -0.1) is 0 Å². The molecule has 0 amide bonds. The molecule has 3 unspecified atom stereocenters. The Bertz CT molecular complexity index is 1860. The van der Waals surface area contributed by atoms with E-state index in [1.807, 2.05) is 0 Å². The van der Waals surface area contributed by atoms with Crippen molar-refractivity contribution in [3.05, 3.63) is 84.2 Å². The molecule has 3 atom stereocenters. The van der Waals surface area contributed by atoms with E-state index in [1.165, 1.54) is 39.0 Å². The Balaban J connectivity index is 1.61. The van der Waals surface area contributed by atoms with Crippen molar-refractivity contribution < 1.29 is 28.5 Å². The van der Waals surface area contributed by atoms with Crippen LogP contribution in [0.4, 0.5) is 5.82 Å². The number of hydrogen-bond acceptors (Lipinski definition) is 9. The number of carbonyl (C=O) groups excluding carboxylic acids is 2. The van der Waals surface area contributed by atoms with Crippen LogP contribution in [0.25, 0.3) is 0 Å². The highest BCUT2D eigenvalue weighted by Crippen LogP contribution is 2.56. The van der Waals surface area contributed by atoms with Crippen LogP contribution in [0.2, 0.25) is 5.02 Å². The van der Waals surface area contributed by atoms with Crippen LogP contribution in [-0.2, 0) is 18.9 Å². The molecule has 218 valence electrons. The maximum absolute atomic E-state index is 14.8. The third-order valence-electron chi connectivity index (χ3n) is 8.53. The molecule has 2 aromatic carbocycles. The van der Waals surface area contributed by atoms with Gasteiger partial charge in [0.2, 0.25) is 17.2 Å². The highest BCUT2D eigenvalue weighted by atomic mass is 35.5. The monoisotopic (exact) mass is 593 g/mol. The van der Waals surface area contributed by atoms with Crippen LogP contribution in [0.1, 0.15) is 40.7 Å². The summed E-state index contributed by atoms with van der Waals surface area (Å²) in [5, 5.41) is 3.24. The van der Waals surface area contributed by atoms with Crippen molar-refractivity contribution in [1.29, 1.82) is 0 Å². The molecule has 1 spiro atoms. The van der Waals surface area contributed by atoms with Crippen molar-refractivity contribution in [3.8, 4) is 23.0 Å². The lowest BCUT2D eigenvalue weighted by Crippen LogP contribution is -2.58. The third kappa shape index (κ3) is 3.46. The largest absolute Gasteiger partial charge is 0.497 e. The van der Waals surface area contributed by atoms with Crippen molar-refractivity contribution >= 4 is 29.0 Å². The lowest BCUT2D eigenvalue weighted by Gasteiger charge is -2.42. The molecule has 12 heteroatoms. The van der Waals surface area contributed by atoms with E-state index in [0.717, 1.165) is 4.57 Å². The summed E-state index contributed by atoms with van der Waals surface area (Å²) in [7, 11) is 7.29. The number of aromatic nitrogens is 2. The minimum Gasteiger partial charge on any atom is -0.497 e. The summed E-state index contributed by atoms with van der Waals surface area (Å²) in [6.07, 6.45) is 0.202. The number of allylic oxidation sites excluding steroid dienone is 1. The Morgan fingerprint density at radius 3 is 2.24 bits per heavy atom. The molecule has 3 aliphatic rings. The number of nitrogens with zero attached hydrogens (tertiary/aromatic N) is 2. The number of fused-ring (bicyclic) bond motifs is 2. The molecule has 42 heavy (non-hydrogen) atoms. The molecule has 0 bridgehead atoms. The fourth-order valence-corrected chi connectivity index (χ4v) is 6.58. The molecular formula is C30H28ClN3O8. The molecule has 1 aromatic heterocycles. The number of carbonyl (C=O) groups is 2. The summed E-state index contributed by atoms with van der Waals surface area (Å²) < 4.78 is 24.8. The number of nitrogens with one attached hydrogen (secondary N) is 1. The average Bonchev–Trinajstić information content (AvgIpc) is 3.31. The van der Waals surface area contributed by atoms with E-state index < -0.39 is 40.3 Å². The van der Waals surface area contributed by atoms with Gasteiger partial charge < -0.3 is 24.3 Å². The van der Waals surface area contributed by atoms with Crippen LogP contribution in [0, 0.1) is 5.92 Å². The number of ketones is 2. The predicted molar refractivity (Wildman–Crippen MR) is 153 cm³/mol. The van der Waals surface area contributed by atoms with Gasteiger partial charge in [0, 0.05) is 43.3 Å². The van der Waals surface area contributed by atoms with Crippen LogP contribution < -0.4 is 35.5 Å². The van der Waals surface area contributed by atoms with E-state index in [2.05, 4.69) is 5.32 Å². The van der Waals surface area contributed by atoms with Crippen molar-refractivity contribution in [3.63, 3.8) is 0 Å². The summed E-state index contributed by atoms with van der Waals surface area (Å²) in [5.41, 5.74) is -1.51. The normalized spacial score (nSPS) is 22.3. The summed E-state index contributed by atoms with van der Waals surface area (Å²) in [6.45, 7) is 1.74. The molecule has 2 aliphatic heterocycles. The molecule has 0 fully saturated rings. The molecule has 3 heterocycles. The SMILES string of the molecule is COc1ccc(C2C3=C(CC(C)C4(Oc5c(Cl)c(OC)cc(OC)c5C4=O)C3=O)Nc3c2c(=O)n(C)c(=O)n3C)cc1. The Morgan fingerprint density at radius 2 is 1.62 bits per heavy atom. The van der Waals surface area contributed by atoms with Crippen LogP contribution >= 0.6 is 11.6 Å². The quantitative estimate of drug-likeness (QED) is 0.454. The number of Topliss-reactive ketones (excluding diaryl/α,β-unsaturated/α-hetero) is 2. The molecule has 1 aliphatic carbocycles. The van der Waals surface area contributed by atoms with E-state index >= 15 is 0 Å². The second kappa shape index (κ2) is 9.52. The van der Waals surface area contributed by atoms with E-state index in [1.54, 1.807) is 38.2 Å². The van der Waals surface area contributed by atoms with Crippen LogP contribution in [0.5, 0.6) is 23.0 Å². The van der Waals surface area contributed by atoms with Crippen molar-refractivity contribution in [2.75, 3.05) is 26.6 Å². The van der Waals surface area contributed by atoms with Crippen molar-refractivity contribution in [1.82, 2.24) is 9.13 Å². The number of ether oxygens (including phenoxy) is 4. The summed E-state index contributed by atoms with van der Waals surface area (Å²) in [4.78, 5) is 55.7. The van der Waals surface area contributed by atoms with E-state index in [4.69, 9.17) is 30.5 Å². The molecule has 3 aromatic rings. The smallest absolute Gasteiger partial charge is 0.332 e. The van der Waals surface area contributed by atoms with E-state index in [9.17, 15) is 19.2 Å². The second-order valence-corrected chi connectivity index (χ2v) is 11.0. The highest BCUT2D eigenvalue weighted by Gasteiger charge is 2.63. The molecule has 6 rings (SSSR count).